The number of rotatable bonds is 9. The topological polar surface area (TPSA) is 140 Å². The summed E-state index contributed by atoms with van der Waals surface area (Å²) in [4.78, 5) is 52.7. The molecule has 2 aromatic rings. The highest BCUT2D eigenvalue weighted by molar-refractivity contribution is 6.31. The van der Waals surface area contributed by atoms with E-state index in [9.17, 15) is 28.7 Å². The maximum Gasteiger partial charge on any atom is 0.326 e. The standard InChI is InChI=1S/C24H28ClFN4O5/c1-24(2)10-13(20(31)30-24)9-17(23(34)35)29-21(32)15(7-11-3-4-11)28-22(33)16-8-12-5-6-14(25)18(26)19(12)27-16/h5-6,8,11,13,15,17,27H,3-4,7,9-10H2,1-2H3,(H,28,33)(H,29,32)(H,30,31)(H,34,35). The Kier molecular flexibility index (Phi) is 6.77. The van der Waals surface area contributed by atoms with Crippen LogP contribution in [0.3, 0.4) is 0 Å². The lowest BCUT2D eigenvalue weighted by molar-refractivity contribution is -0.142. The van der Waals surface area contributed by atoms with Crippen LogP contribution in [0.5, 0.6) is 0 Å². The Morgan fingerprint density at radius 2 is 1.91 bits per heavy atom. The summed E-state index contributed by atoms with van der Waals surface area (Å²) in [5.74, 6) is -3.74. The van der Waals surface area contributed by atoms with Crippen molar-refractivity contribution >= 4 is 46.2 Å². The number of aliphatic carboxylic acids is 1. The van der Waals surface area contributed by atoms with Gasteiger partial charge >= 0.3 is 5.97 Å². The predicted octanol–water partition coefficient (Wildman–Crippen LogP) is 2.73. The van der Waals surface area contributed by atoms with Gasteiger partial charge in [0.05, 0.1) is 10.5 Å². The predicted molar refractivity (Wildman–Crippen MR) is 126 cm³/mol. The van der Waals surface area contributed by atoms with Crippen LogP contribution in [0.2, 0.25) is 5.02 Å². The summed E-state index contributed by atoms with van der Waals surface area (Å²) in [5, 5.41) is 18.0. The zero-order chi connectivity index (χ0) is 25.5. The molecule has 188 valence electrons. The van der Waals surface area contributed by atoms with Gasteiger partial charge in [-0.3, -0.25) is 14.4 Å². The molecule has 2 aliphatic rings. The fourth-order valence-electron chi connectivity index (χ4n) is 4.58. The van der Waals surface area contributed by atoms with E-state index in [0.29, 0.717) is 18.2 Å². The molecule has 1 saturated heterocycles. The first-order valence-electron chi connectivity index (χ1n) is 11.6. The van der Waals surface area contributed by atoms with E-state index in [-0.39, 0.29) is 34.5 Å². The first-order valence-corrected chi connectivity index (χ1v) is 11.9. The van der Waals surface area contributed by atoms with E-state index in [1.54, 1.807) is 6.07 Å². The second-order valence-corrected chi connectivity index (χ2v) is 10.5. The summed E-state index contributed by atoms with van der Waals surface area (Å²) < 4.78 is 14.3. The number of nitrogens with one attached hydrogen (secondary N) is 4. The number of H-pyrrole nitrogens is 1. The number of aromatic nitrogens is 1. The largest absolute Gasteiger partial charge is 0.480 e. The second kappa shape index (κ2) is 9.49. The summed E-state index contributed by atoms with van der Waals surface area (Å²) in [6.07, 6.45) is 2.57. The van der Waals surface area contributed by atoms with Crippen LogP contribution in [0.4, 0.5) is 4.39 Å². The zero-order valence-electron chi connectivity index (χ0n) is 19.4. The normalized spacial score (nSPS) is 20.8. The third kappa shape index (κ3) is 5.75. The number of carbonyl (C=O) groups is 4. The maximum atomic E-state index is 14.3. The Labute approximate surface area is 206 Å². The van der Waals surface area contributed by atoms with Gasteiger partial charge in [0, 0.05) is 16.8 Å². The van der Waals surface area contributed by atoms with Crippen LogP contribution in [-0.4, -0.2) is 51.4 Å². The van der Waals surface area contributed by atoms with E-state index in [2.05, 4.69) is 20.9 Å². The van der Waals surface area contributed by atoms with Crippen molar-refractivity contribution in [2.45, 2.75) is 63.6 Å². The fourth-order valence-corrected chi connectivity index (χ4v) is 4.74. The van der Waals surface area contributed by atoms with Crippen molar-refractivity contribution in [3.05, 3.63) is 34.7 Å². The number of hydrogen-bond donors (Lipinski definition) is 5. The van der Waals surface area contributed by atoms with E-state index in [4.69, 9.17) is 11.6 Å². The molecule has 3 atom stereocenters. The molecule has 0 bridgehead atoms. The Hall–Kier alpha value is -3.14. The number of hydrogen-bond acceptors (Lipinski definition) is 4. The molecule has 11 heteroatoms. The van der Waals surface area contributed by atoms with Crippen molar-refractivity contribution < 1.29 is 28.7 Å². The Morgan fingerprint density at radius 1 is 1.20 bits per heavy atom. The summed E-state index contributed by atoms with van der Waals surface area (Å²) in [6.45, 7) is 3.70. The average molecular weight is 507 g/mol. The van der Waals surface area contributed by atoms with Crippen LogP contribution in [0.1, 0.15) is 56.4 Å². The summed E-state index contributed by atoms with van der Waals surface area (Å²) in [7, 11) is 0. The minimum absolute atomic E-state index is 0.0504. The lowest BCUT2D eigenvalue weighted by Gasteiger charge is -2.22. The molecule has 1 aliphatic carbocycles. The zero-order valence-corrected chi connectivity index (χ0v) is 20.2. The number of aromatic amines is 1. The number of carbonyl (C=O) groups excluding carboxylic acids is 3. The highest BCUT2D eigenvalue weighted by atomic mass is 35.5. The quantitative estimate of drug-likeness (QED) is 0.355. The van der Waals surface area contributed by atoms with Crippen molar-refractivity contribution in [3.8, 4) is 0 Å². The van der Waals surface area contributed by atoms with Gasteiger partial charge in [0.25, 0.3) is 5.91 Å². The fraction of sp³-hybridized carbons (Fsp3) is 0.500. The van der Waals surface area contributed by atoms with Crippen LogP contribution in [0, 0.1) is 17.7 Å². The minimum Gasteiger partial charge on any atom is -0.480 e. The summed E-state index contributed by atoms with van der Waals surface area (Å²) >= 11 is 5.80. The maximum absolute atomic E-state index is 14.3. The molecule has 1 aromatic carbocycles. The number of fused-ring (bicyclic) bond motifs is 1. The highest BCUT2D eigenvalue weighted by Gasteiger charge is 2.40. The third-order valence-electron chi connectivity index (χ3n) is 6.54. The third-order valence-corrected chi connectivity index (χ3v) is 6.83. The molecule has 1 saturated carbocycles. The number of amides is 3. The number of halogens is 2. The van der Waals surface area contributed by atoms with Crippen LogP contribution < -0.4 is 16.0 Å². The molecule has 3 unspecified atom stereocenters. The molecule has 5 N–H and O–H groups in total. The molecule has 2 fully saturated rings. The SMILES string of the molecule is CC1(C)CC(CC(NC(=O)C(CC2CC2)NC(=O)c2cc3ccc(Cl)c(F)c3[nH]2)C(=O)O)C(=O)N1. The van der Waals surface area contributed by atoms with Gasteiger partial charge in [-0.2, -0.15) is 0 Å². The molecule has 0 spiro atoms. The van der Waals surface area contributed by atoms with Gasteiger partial charge in [0.15, 0.2) is 5.82 Å². The molecular weight excluding hydrogens is 479 g/mol. The first-order chi connectivity index (χ1) is 16.4. The van der Waals surface area contributed by atoms with Gasteiger partial charge in [-0.15, -0.1) is 0 Å². The van der Waals surface area contributed by atoms with Gasteiger partial charge in [-0.25, -0.2) is 9.18 Å². The van der Waals surface area contributed by atoms with E-state index in [1.807, 2.05) is 13.8 Å². The molecule has 0 radical (unpaired) electrons. The Morgan fingerprint density at radius 3 is 2.51 bits per heavy atom. The smallest absolute Gasteiger partial charge is 0.326 e. The molecule has 1 aliphatic heterocycles. The Bertz CT molecular complexity index is 1190. The van der Waals surface area contributed by atoms with Crippen LogP contribution in [0.25, 0.3) is 10.9 Å². The molecule has 1 aromatic heterocycles. The van der Waals surface area contributed by atoms with E-state index in [1.165, 1.54) is 12.1 Å². The Balaban J connectivity index is 1.46. The van der Waals surface area contributed by atoms with Crippen LogP contribution >= 0.6 is 11.6 Å². The van der Waals surface area contributed by atoms with Gasteiger partial charge < -0.3 is 26.0 Å². The number of carboxylic acid groups (broad SMARTS) is 1. The van der Waals surface area contributed by atoms with Crippen molar-refractivity contribution in [2.75, 3.05) is 0 Å². The molecule has 3 amide bonds. The van der Waals surface area contributed by atoms with E-state index >= 15 is 0 Å². The van der Waals surface area contributed by atoms with Gasteiger partial charge in [-0.1, -0.05) is 30.5 Å². The molecular formula is C24H28ClFN4O5. The minimum atomic E-state index is -1.28. The van der Waals surface area contributed by atoms with Crippen LogP contribution in [-0.2, 0) is 14.4 Å². The molecule has 4 rings (SSSR count). The lowest BCUT2D eigenvalue weighted by Crippen LogP contribution is -2.52. The van der Waals surface area contributed by atoms with Crippen molar-refractivity contribution in [1.82, 2.24) is 20.9 Å². The lowest BCUT2D eigenvalue weighted by atomic mass is 9.91. The summed E-state index contributed by atoms with van der Waals surface area (Å²) in [6, 6.07) is 2.15. The molecule has 9 nitrogen and oxygen atoms in total. The summed E-state index contributed by atoms with van der Waals surface area (Å²) in [5.41, 5.74) is -0.315. The number of benzene rings is 1. The van der Waals surface area contributed by atoms with Crippen molar-refractivity contribution in [2.24, 2.45) is 11.8 Å². The van der Waals surface area contributed by atoms with Gasteiger partial charge in [0.1, 0.15) is 17.8 Å². The van der Waals surface area contributed by atoms with Crippen molar-refractivity contribution in [1.29, 1.82) is 0 Å². The van der Waals surface area contributed by atoms with E-state index in [0.717, 1.165) is 12.8 Å². The van der Waals surface area contributed by atoms with Crippen LogP contribution in [0.15, 0.2) is 18.2 Å². The van der Waals surface area contributed by atoms with Gasteiger partial charge in [-0.05, 0) is 51.2 Å². The van der Waals surface area contributed by atoms with E-state index < -0.39 is 47.1 Å². The van der Waals surface area contributed by atoms with Gasteiger partial charge in [0.2, 0.25) is 11.8 Å². The molecule has 2 heterocycles. The molecule has 35 heavy (non-hydrogen) atoms. The second-order valence-electron chi connectivity index (χ2n) is 10.1. The monoisotopic (exact) mass is 506 g/mol. The highest BCUT2D eigenvalue weighted by Crippen LogP contribution is 2.34. The first kappa shape index (κ1) is 25.0. The average Bonchev–Trinajstić information content (AvgIpc) is 3.41. The number of carboxylic acids is 1. The van der Waals surface area contributed by atoms with Crippen molar-refractivity contribution in [3.63, 3.8) is 0 Å².